The molecule has 6 heteroatoms. The number of nitrogens with two attached hydrogens (primary N) is 1. The summed E-state index contributed by atoms with van der Waals surface area (Å²) in [5.41, 5.74) is 14.8. The highest BCUT2D eigenvalue weighted by atomic mass is 79.9. The Hall–Kier alpha value is -3.09. The molecule has 0 radical (unpaired) electrons. The van der Waals surface area contributed by atoms with Crippen LogP contribution in [0.5, 0.6) is 0 Å². The smallest absolute Gasteiger partial charge is 0.258 e. The lowest BCUT2D eigenvalue weighted by Crippen LogP contribution is -2.23. The second-order valence-electron chi connectivity index (χ2n) is 8.76. The maximum Gasteiger partial charge on any atom is 0.258 e. The molecule has 0 spiro atoms. The number of nitrogens with one attached hydrogen (secondary N) is 2. The van der Waals surface area contributed by atoms with Gasteiger partial charge in [-0.05, 0) is 72.9 Å². The monoisotopic (exact) mass is 502 g/mol. The lowest BCUT2D eigenvalue weighted by Gasteiger charge is -2.19. The van der Waals surface area contributed by atoms with Crippen LogP contribution in [-0.2, 0) is 11.3 Å². The second kappa shape index (κ2) is 9.04. The summed E-state index contributed by atoms with van der Waals surface area (Å²) in [7, 11) is 0. The number of hydrogen-bond donors (Lipinski definition) is 3. The van der Waals surface area contributed by atoms with Gasteiger partial charge in [-0.2, -0.15) is 0 Å². The average molecular weight is 503 g/mol. The molecule has 2 aliphatic heterocycles. The predicted molar refractivity (Wildman–Crippen MR) is 140 cm³/mol. The number of nitrogens with zero attached hydrogens (tertiary/aromatic N) is 1. The zero-order valence-electron chi connectivity index (χ0n) is 18.6. The number of benzene rings is 2. The van der Waals surface area contributed by atoms with E-state index in [4.69, 9.17) is 5.73 Å². The standard InChI is InChI=1S/C27H27BrN4O/c1-17(26-24-15-22(29)6-9-25(24)31-27(26)33)30-23-7-2-18(3-8-23)16-32-12-10-19-4-5-21(28)14-20(19)11-13-32/h2-3,5-10,14-15,30H,4,11-13,16,29H2,1H3,(H,31,33)/b26-17-. The van der Waals surface area contributed by atoms with Crippen LogP contribution in [0.1, 0.15) is 30.9 Å². The third-order valence-corrected chi connectivity index (χ3v) is 6.94. The average Bonchev–Trinajstić information content (AvgIpc) is 2.99. The van der Waals surface area contributed by atoms with E-state index in [2.05, 4.69) is 74.0 Å². The number of hydrogen-bond acceptors (Lipinski definition) is 4. The third kappa shape index (κ3) is 4.68. The molecule has 5 nitrogen and oxygen atoms in total. The summed E-state index contributed by atoms with van der Waals surface area (Å²) in [6.45, 7) is 4.87. The first kappa shape index (κ1) is 21.7. The molecule has 168 valence electrons. The zero-order chi connectivity index (χ0) is 22.9. The van der Waals surface area contributed by atoms with Gasteiger partial charge in [0.1, 0.15) is 0 Å². The topological polar surface area (TPSA) is 70.4 Å². The fraction of sp³-hybridized carbons (Fsp3) is 0.222. The number of carbonyl (C=O) groups is 1. The molecule has 0 bridgehead atoms. The highest BCUT2D eigenvalue weighted by Crippen LogP contribution is 2.35. The van der Waals surface area contributed by atoms with Gasteiger partial charge in [0.15, 0.2) is 0 Å². The lowest BCUT2D eigenvalue weighted by atomic mass is 9.96. The fourth-order valence-electron chi connectivity index (χ4n) is 4.64. The van der Waals surface area contributed by atoms with E-state index in [-0.39, 0.29) is 5.91 Å². The predicted octanol–water partition coefficient (Wildman–Crippen LogP) is 5.81. The van der Waals surface area contributed by atoms with Gasteiger partial charge in [-0.3, -0.25) is 9.69 Å². The van der Waals surface area contributed by atoms with E-state index in [1.54, 1.807) is 6.07 Å². The van der Waals surface area contributed by atoms with Crippen LogP contribution in [0.3, 0.4) is 0 Å². The maximum atomic E-state index is 12.5. The summed E-state index contributed by atoms with van der Waals surface area (Å²) in [4.78, 5) is 15.0. The van der Waals surface area contributed by atoms with E-state index in [1.807, 2.05) is 19.1 Å². The van der Waals surface area contributed by atoms with Gasteiger partial charge in [-0.1, -0.05) is 40.2 Å². The largest absolute Gasteiger partial charge is 0.399 e. The van der Waals surface area contributed by atoms with Gasteiger partial charge in [0.2, 0.25) is 0 Å². The first-order valence-corrected chi connectivity index (χ1v) is 12.0. The van der Waals surface area contributed by atoms with Crippen molar-refractivity contribution in [1.29, 1.82) is 0 Å². The van der Waals surface area contributed by atoms with Gasteiger partial charge in [-0.15, -0.1) is 0 Å². The minimum Gasteiger partial charge on any atom is -0.399 e. The Bertz CT molecular complexity index is 1240. The summed E-state index contributed by atoms with van der Waals surface area (Å²) in [5, 5.41) is 6.30. The maximum absolute atomic E-state index is 12.5. The van der Waals surface area contributed by atoms with Crippen molar-refractivity contribution in [3.05, 3.63) is 93.1 Å². The molecule has 5 rings (SSSR count). The van der Waals surface area contributed by atoms with Crippen molar-refractivity contribution < 1.29 is 4.79 Å². The second-order valence-corrected chi connectivity index (χ2v) is 9.67. The van der Waals surface area contributed by atoms with E-state index in [1.165, 1.54) is 21.2 Å². The Kier molecular flexibility index (Phi) is 5.96. The number of amides is 1. The zero-order valence-corrected chi connectivity index (χ0v) is 20.2. The van der Waals surface area contributed by atoms with Crippen molar-refractivity contribution in [1.82, 2.24) is 4.90 Å². The molecule has 0 saturated carbocycles. The van der Waals surface area contributed by atoms with Crippen LogP contribution in [0.4, 0.5) is 17.1 Å². The minimum absolute atomic E-state index is 0.106. The molecule has 0 atom stereocenters. The highest BCUT2D eigenvalue weighted by molar-refractivity contribution is 9.11. The van der Waals surface area contributed by atoms with Crippen LogP contribution >= 0.6 is 15.9 Å². The molecular weight excluding hydrogens is 476 g/mol. The molecule has 1 amide bonds. The van der Waals surface area contributed by atoms with Crippen molar-refractivity contribution in [2.75, 3.05) is 29.5 Å². The molecule has 2 heterocycles. The van der Waals surface area contributed by atoms with Crippen LogP contribution in [0.15, 0.2) is 82.0 Å². The summed E-state index contributed by atoms with van der Waals surface area (Å²) in [6, 6.07) is 13.9. The van der Waals surface area contributed by atoms with E-state index in [0.29, 0.717) is 11.3 Å². The van der Waals surface area contributed by atoms with Crippen molar-refractivity contribution in [3.8, 4) is 0 Å². The number of nitrogen functional groups attached to an aromatic ring is 1. The van der Waals surface area contributed by atoms with Crippen molar-refractivity contribution in [2.45, 2.75) is 26.3 Å². The number of anilines is 3. The van der Waals surface area contributed by atoms with Gasteiger partial charge in [-0.25, -0.2) is 0 Å². The molecule has 2 aromatic rings. The summed E-state index contributed by atoms with van der Waals surface area (Å²) < 4.78 is 1.19. The summed E-state index contributed by atoms with van der Waals surface area (Å²) in [5.74, 6) is -0.106. The van der Waals surface area contributed by atoms with Crippen molar-refractivity contribution >= 4 is 44.5 Å². The first-order chi connectivity index (χ1) is 16.0. The van der Waals surface area contributed by atoms with Crippen LogP contribution in [0.25, 0.3) is 5.57 Å². The molecule has 33 heavy (non-hydrogen) atoms. The molecule has 0 aromatic heterocycles. The molecule has 0 saturated heterocycles. The Morgan fingerprint density at radius 2 is 1.97 bits per heavy atom. The molecular formula is C27H27BrN4O. The third-order valence-electron chi connectivity index (χ3n) is 6.39. The van der Waals surface area contributed by atoms with Crippen molar-refractivity contribution in [3.63, 3.8) is 0 Å². The van der Waals surface area contributed by atoms with Gasteiger partial charge < -0.3 is 16.4 Å². The molecule has 1 aliphatic carbocycles. The lowest BCUT2D eigenvalue weighted by molar-refractivity contribution is -0.110. The normalized spacial score (nSPS) is 19.5. The Labute approximate surface area is 202 Å². The summed E-state index contributed by atoms with van der Waals surface area (Å²) in [6.07, 6.45) is 8.96. The van der Waals surface area contributed by atoms with Gasteiger partial charge >= 0.3 is 0 Å². The number of halogens is 1. The Morgan fingerprint density at radius 3 is 2.79 bits per heavy atom. The highest BCUT2D eigenvalue weighted by Gasteiger charge is 2.26. The number of fused-ring (bicyclic) bond motifs is 2. The number of rotatable bonds is 4. The minimum atomic E-state index is -0.106. The van der Waals surface area contributed by atoms with Crippen LogP contribution in [-0.4, -0.2) is 23.9 Å². The Morgan fingerprint density at radius 1 is 1.15 bits per heavy atom. The number of carbonyl (C=O) groups excluding carboxylic acids is 1. The van der Waals surface area contributed by atoms with E-state index >= 15 is 0 Å². The van der Waals surface area contributed by atoms with Crippen molar-refractivity contribution in [2.24, 2.45) is 0 Å². The van der Waals surface area contributed by atoms with E-state index in [0.717, 1.165) is 55.1 Å². The van der Waals surface area contributed by atoms with Gasteiger partial charge in [0.25, 0.3) is 5.91 Å². The summed E-state index contributed by atoms with van der Waals surface area (Å²) >= 11 is 3.61. The molecule has 0 fully saturated rings. The van der Waals surface area contributed by atoms with Crippen LogP contribution in [0, 0.1) is 0 Å². The van der Waals surface area contributed by atoms with Gasteiger partial charge in [0.05, 0.1) is 5.57 Å². The molecule has 2 aromatic carbocycles. The first-order valence-electron chi connectivity index (χ1n) is 11.2. The van der Waals surface area contributed by atoms with E-state index in [9.17, 15) is 4.79 Å². The van der Waals surface area contributed by atoms with E-state index < -0.39 is 0 Å². The SMILES string of the molecule is C/C(Nc1ccc(CN2CC=C3CC=C(Br)C=C3CC2)cc1)=C1/C(=O)Nc2ccc(N)cc21. The molecule has 3 aliphatic rings. The molecule has 0 unspecified atom stereocenters. The van der Waals surface area contributed by atoms with Crippen LogP contribution < -0.4 is 16.4 Å². The van der Waals surface area contributed by atoms with Gasteiger partial charge in [0, 0.05) is 52.4 Å². The number of allylic oxidation sites excluding steroid dienone is 5. The quantitative estimate of drug-likeness (QED) is 0.364. The fourth-order valence-corrected chi connectivity index (χ4v) is 5.08. The Balaban J connectivity index is 1.26. The molecule has 4 N–H and O–H groups in total. The van der Waals surface area contributed by atoms with Crippen LogP contribution in [0.2, 0.25) is 0 Å².